The molecule has 1 aliphatic heterocycles. The number of carbonyl (C=O) groups excluding carboxylic acids is 1. The summed E-state index contributed by atoms with van der Waals surface area (Å²) in [7, 11) is 0. The standard InChI is InChI=1S/C14H24O4/c1-11-5-3-2-4-6-12(15)7-8-13(16)9-10-14(17)18-11/h9-13,15-16H,2-8H2,1H3/b10-9+/t11-,12+,13+/m1/s1. The van der Waals surface area contributed by atoms with Gasteiger partial charge in [-0.15, -0.1) is 0 Å². The van der Waals surface area contributed by atoms with E-state index in [4.69, 9.17) is 4.74 Å². The highest BCUT2D eigenvalue weighted by molar-refractivity contribution is 5.82. The predicted molar refractivity (Wildman–Crippen MR) is 69.0 cm³/mol. The van der Waals surface area contributed by atoms with Gasteiger partial charge in [-0.05, 0) is 45.1 Å². The lowest BCUT2D eigenvalue weighted by Crippen LogP contribution is -2.15. The normalized spacial score (nSPS) is 34.4. The molecule has 0 aromatic rings. The van der Waals surface area contributed by atoms with E-state index in [1.54, 1.807) is 0 Å². The molecule has 0 bridgehead atoms. The molecular formula is C14H24O4. The molecule has 1 aliphatic rings. The Hall–Kier alpha value is -0.870. The van der Waals surface area contributed by atoms with Crippen LogP contribution in [0, 0.1) is 0 Å². The maximum Gasteiger partial charge on any atom is 0.330 e. The molecule has 3 atom stereocenters. The van der Waals surface area contributed by atoms with Crippen LogP contribution in [-0.4, -0.2) is 34.5 Å². The van der Waals surface area contributed by atoms with Crippen LogP contribution in [0.4, 0.5) is 0 Å². The molecule has 0 spiro atoms. The minimum Gasteiger partial charge on any atom is -0.460 e. The lowest BCUT2D eigenvalue weighted by Gasteiger charge is -2.15. The van der Waals surface area contributed by atoms with Crippen molar-refractivity contribution in [1.29, 1.82) is 0 Å². The zero-order valence-electron chi connectivity index (χ0n) is 11.0. The first-order valence-corrected chi connectivity index (χ1v) is 6.83. The van der Waals surface area contributed by atoms with E-state index in [9.17, 15) is 15.0 Å². The first-order chi connectivity index (χ1) is 8.58. The van der Waals surface area contributed by atoms with Crippen molar-refractivity contribution in [2.24, 2.45) is 0 Å². The van der Waals surface area contributed by atoms with Gasteiger partial charge in [0.2, 0.25) is 0 Å². The highest BCUT2D eigenvalue weighted by atomic mass is 16.5. The molecule has 1 heterocycles. The Morgan fingerprint density at radius 3 is 2.61 bits per heavy atom. The molecule has 0 fully saturated rings. The molecule has 4 heteroatoms. The van der Waals surface area contributed by atoms with Gasteiger partial charge in [-0.1, -0.05) is 12.8 Å². The number of cyclic esters (lactones) is 1. The Balaban J connectivity index is 2.51. The lowest BCUT2D eigenvalue weighted by atomic mass is 10.0. The average Bonchev–Trinajstić information content (AvgIpc) is 2.32. The fourth-order valence-electron chi connectivity index (χ4n) is 2.08. The van der Waals surface area contributed by atoms with E-state index in [1.165, 1.54) is 12.2 Å². The number of hydrogen-bond donors (Lipinski definition) is 2. The second-order valence-electron chi connectivity index (χ2n) is 5.04. The molecule has 0 radical (unpaired) electrons. The number of carbonyl (C=O) groups is 1. The van der Waals surface area contributed by atoms with Gasteiger partial charge in [0.1, 0.15) is 0 Å². The summed E-state index contributed by atoms with van der Waals surface area (Å²) in [4.78, 5) is 11.4. The summed E-state index contributed by atoms with van der Waals surface area (Å²) in [5, 5.41) is 19.3. The van der Waals surface area contributed by atoms with Crippen LogP contribution in [0.2, 0.25) is 0 Å². The summed E-state index contributed by atoms with van der Waals surface area (Å²) in [6, 6.07) is 0. The molecule has 0 aromatic heterocycles. The molecule has 2 N–H and O–H groups in total. The number of aliphatic hydroxyl groups excluding tert-OH is 2. The first kappa shape index (κ1) is 15.2. The van der Waals surface area contributed by atoms with Crippen molar-refractivity contribution in [2.45, 2.75) is 70.2 Å². The van der Waals surface area contributed by atoms with Crippen LogP contribution in [-0.2, 0) is 9.53 Å². The van der Waals surface area contributed by atoms with E-state index in [0.717, 1.165) is 32.1 Å². The van der Waals surface area contributed by atoms with Crippen LogP contribution >= 0.6 is 0 Å². The van der Waals surface area contributed by atoms with E-state index < -0.39 is 12.1 Å². The number of aliphatic hydroxyl groups is 2. The molecular weight excluding hydrogens is 232 g/mol. The topological polar surface area (TPSA) is 66.8 Å². The second kappa shape index (κ2) is 8.27. The average molecular weight is 256 g/mol. The first-order valence-electron chi connectivity index (χ1n) is 6.83. The highest BCUT2D eigenvalue weighted by Gasteiger charge is 2.11. The summed E-state index contributed by atoms with van der Waals surface area (Å²) in [6.07, 6.45) is 7.28. The SMILES string of the molecule is C[C@@H]1CCCCC[C@H](O)CC[C@H](O)/C=C/C(=O)O1. The van der Waals surface area contributed by atoms with Crippen molar-refractivity contribution in [3.05, 3.63) is 12.2 Å². The van der Waals surface area contributed by atoms with Gasteiger partial charge in [0, 0.05) is 6.08 Å². The van der Waals surface area contributed by atoms with Crippen LogP contribution in [0.1, 0.15) is 51.9 Å². The zero-order valence-corrected chi connectivity index (χ0v) is 11.0. The molecule has 0 aromatic carbocycles. The van der Waals surface area contributed by atoms with Gasteiger partial charge in [-0.3, -0.25) is 0 Å². The lowest BCUT2D eigenvalue weighted by molar-refractivity contribution is -0.142. The molecule has 0 saturated heterocycles. The van der Waals surface area contributed by atoms with Gasteiger partial charge in [0.15, 0.2) is 0 Å². The summed E-state index contributed by atoms with van der Waals surface area (Å²) in [6.45, 7) is 1.88. The van der Waals surface area contributed by atoms with Crippen LogP contribution < -0.4 is 0 Å². The van der Waals surface area contributed by atoms with E-state index in [2.05, 4.69) is 0 Å². The molecule has 4 nitrogen and oxygen atoms in total. The third-order valence-corrected chi connectivity index (χ3v) is 3.22. The molecule has 0 saturated carbocycles. The smallest absolute Gasteiger partial charge is 0.330 e. The van der Waals surface area contributed by atoms with Crippen molar-refractivity contribution >= 4 is 5.97 Å². The molecule has 0 unspecified atom stereocenters. The van der Waals surface area contributed by atoms with Gasteiger partial charge in [-0.25, -0.2) is 4.79 Å². The van der Waals surface area contributed by atoms with Crippen molar-refractivity contribution in [3.8, 4) is 0 Å². The monoisotopic (exact) mass is 256 g/mol. The Morgan fingerprint density at radius 2 is 1.83 bits per heavy atom. The Labute approximate surface area is 109 Å². The minimum absolute atomic E-state index is 0.0906. The number of esters is 1. The summed E-state index contributed by atoms with van der Waals surface area (Å²) < 4.78 is 5.18. The largest absolute Gasteiger partial charge is 0.460 e. The molecule has 104 valence electrons. The zero-order chi connectivity index (χ0) is 13.4. The number of hydrogen-bond acceptors (Lipinski definition) is 4. The summed E-state index contributed by atoms with van der Waals surface area (Å²) >= 11 is 0. The van der Waals surface area contributed by atoms with E-state index in [1.807, 2.05) is 6.92 Å². The van der Waals surface area contributed by atoms with Crippen molar-refractivity contribution in [1.82, 2.24) is 0 Å². The molecule has 1 rings (SSSR count). The quantitative estimate of drug-likeness (QED) is 0.650. The predicted octanol–water partition coefficient (Wildman–Crippen LogP) is 1.94. The van der Waals surface area contributed by atoms with Crippen LogP contribution in [0.3, 0.4) is 0 Å². The van der Waals surface area contributed by atoms with E-state index >= 15 is 0 Å². The van der Waals surface area contributed by atoms with Gasteiger partial charge in [0.05, 0.1) is 18.3 Å². The summed E-state index contributed by atoms with van der Waals surface area (Å²) in [5.41, 5.74) is 0. The fraction of sp³-hybridized carbons (Fsp3) is 0.786. The number of ether oxygens (including phenoxy) is 1. The minimum atomic E-state index is -0.689. The molecule has 0 aliphatic carbocycles. The molecule has 18 heavy (non-hydrogen) atoms. The Bertz CT molecular complexity index is 275. The van der Waals surface area contributed by atoms with E-state index in [-0.39, 0.29) is 12.2 Å². The van der Waals surface area contributed by atoms with E-state index in [0.29, 0.717) is 12.8 Å². The second-order valence-corrected chi connectivity index (χ2v) is 5.04. The van der Waals surface area contributed by atoms with Gasteiger partial charge in [-0.2, -0.15) is 0 Å². The maximum absolute atomic E-state index is 11.4. The van der Waals surface area contributed by atoms with Crippen molar-refractivity contribution < 1.29 is 19.7 Å². The third kappa shape index (κ3) is 6.77. The highest BCUT2D eigenvalue weighted by Crippen LogP contribution is 2.14. The van der Waals surface area contributed by atoms with Gasteiger partial charge in [0.25, 0.3) is 0 Å². The van der Waals surface area contributed by atoms with Gasteiger partial charge >= 0.3 is 5.97 Å². The van der Waals surface area contributed by atoms with Crippen LogP contribution in [0.25, 0.3) is 0 Å². The van der Waals surface area contributed by atoms with Crippen LogP contribution in [0.5, 0.6) is 0 Å². The fourth-order valence-corrected chi connectivity index (χ4v) is 2.08. The number of rotatable bonds is 0. The maximum atomic E-state index is 11.4. The Kier molecular flexibility index (Phi) is 6.98. The van der Waals surface area contributed by atoms with Crippen molar-refractivity contribution in [2.75, 3.05) is 0 Å². The summed E-state index contributed by atoms with van der Waals surface area (Å²) in [5.74, 6) is -0.404. The van der Waals surface area contributed by atoms with Crippen LogP contribution in [0.15, 0.2) is 12.2 Å². The molecule has 0 amide bonds. The van der Waals surface area contributed by atoms with Gasteiger partial charge < -0.3 is 14.9 Å². The Morgan fingerprint density at radius 1 is 1.11 bits per heavy atom. The van der Waals surface area contributed by atoms with Crippen molar-refractivity contribution in [3.63, 3.8) is 0 Å². The third-order valence-electron chi connectivity index (χ3n) is 3.22.